The lowest BCUT2D eigenvalue weighted by Gasteiger charge is -2.29. The second kappa shape index (κ2) is 5.71. The van der Waals surface area contributed by atoms with Crippen molar-refractivity contribution in [1.82, 2.24) is 0 Å². The van der Waals surface area contributed by atoms with Crippen LogP contribution in [0.4, 0.5) is 5.69 Å². The molecule has 1 aromatic rings. The van der Waals surface area contributed by atoms with Crippen molar-refractivity contribution in [3.05, 3.63) is 29.3 Å². The third-order valence-electron chi connectivity index (χ3n) is 2.86. The standard InChI is InChI=1S/C14H21NO2/c1-5-8-15(10(2)3)12-6-7-13(14(16)17)11(4)9-12/h6-7,9-10H,5,8H2,1-4H3,(H,16,17). The van der Waals surface area contributed by atoms with Crippen LogP contribution in [0.15, 0.2) is 18.2 Å². The molecule has 0 fully saturated rings. The van der Waals surface area contributed by atoms with Crippen LogP contribution >= 0.6 is 0 Å². The molecule has 0 spiro atoms. The Hall–Kier alpha value is -1.51. The lowest BCUT2D eigenvalue weighted by Crippen LogP contribution is -2.31. The Bertz CT molecular complexity index is 399. The molecule has 0 aromatic heterocycles. The highest BCUT2D eigenvalue weighted by molar-refractivity contribution is 5.89. The van der Waals surface area contributed by atoms with E-state index in [1.807, 2.05) is 19.1 Å². The molecule has 0 radical (unpaired) electrons. The lowest BCUT2D eigenvalue weighted by atomic mass is 10.1. The van der Waals surface area contributed by atoms with E-state index in [0.29, 0.717) is 11.6 Å². The Morgan fingerprint density at radius 1 is 1.41 bits per heavy atom. The second-order valence-electron chi connectivity index (χ2n) is 4.59. The fraction of sp³-hybridized carbons (Fsp3) is 0.500. The smallest absolute Gasteiger partial charge is 0.335 e. The molecule has 0 aliphatic rings. The first kappa shape index (κ1) is 13.6. The van der Waals surface area contributed by atoms with Gasteiger partial charge in [-0.05, 0) is 51.0 Å². The van der Waals surface area contributed by atoms with Crippen molar-refractivity contribution in [3.63, 3.8) is 0 Å². The molecule has 1 rings (SSSR count). The van der Waals surface area contributed by atoms with Gasteiger partial charge in [0.25, 0.3) is 0 Å². The zero-order chi connectivity index (χ0) is 13.0. The maximum absolute atomic E-state index is 10.9. The fourth-order valence-corrected chi connectivity index (χ4v) is 1.99. The number of hydrogen-bond acceptors (Lipinski definition) is 2. The quantitative estimate of drug-likeness (QED) is 0.851. The van der Waals surface area contributed by atoms with Gasteiger partial charge in [-0.25, -0.2) is 4.79 Å². The molecule has 94 valence electrons. The number of nitrogens with zero attached hydrogens (tertiary/aromatic N) is 1. The monoisotopic (exact) mass is 235 g/mol. The summed E-state index contributed by atoms with van der Waals surface area (Å²) in [6.45, 7) is 9.28. The average molecular weight is 235 g/mol. The van der Waals surface area contributed by atoms with E-state index in [4.69, 9.17) is 5.11 Å². The van der Waals surface area contributed by atoms with Crippen molar-refractivity contribution in [3.8, 4) is 0 Å². The number of benzene rings is 1. The topological polar surface area (TPSA) is 40.5 Å². The van der Waals surface area contributed by atoms with Crippen LogP contribution in [0.1, 0.15) is 43.1 Å². The first-order valence-electron chi connectivity index (χ1n) is 6.08. The normalized spacial score (nSPS) is 10.6. The highest BCUT2D eigenvalue weighted by Gasteiger charge is 2.12. The van der Waals surface area contributed by atoms with Crippen molar-refractivity contribution in [2.24, 2.45) is 0 Å². The average Bonchev–Trinajstić information content (AvgIpc) is 2.24. The molecule has 3 heteroatoms. The van der Waals surface area contributed by atoms with Crippen molar-refractivity contribution < 1.29 is 9.90 Å². The number of carbonyl (C=O) groups is 1. The van der Waals surface area contributed by atoms with E-state index >= 15 is 0 Å². The van der Waals surface area contributed by atoms with Crippen LogP contribution in [0, 0.1) is 6.92 Å². The first-order chi connectivity index (χ1) is 7.97. The Labute approximate surface area is 103 Å². The lowest BCUT2D eigenvalue weighted by molar-refractivity contribution is 0.0696. The number of carboxylic acids is 1. The summed E-state index contributed by atoms with van der Waals surface area (Å²) in [5.74, 6) is -0.861. The van der Waals surface area contributed by atoms with Crippen molar-refractivity contribution in [2.45, 2.75) is 40.2 Å². The Kier molecular flexibility index (Phi) is 4.55. The maximum atomic E-state index is 10.9. The highest BCUT2D eigenvalue weighted by atomic mass is 16.4. The van der Waals surface area contributed by atoms with E-state index in [0.717, 1.165) is 24.2 Å². The second-order valence-corrected chi connectivity index (χ2v) is 4.59. The molecule has 0 atom stereocenters. The summed E-state index contributed by atoms with van der Waals surface area (Å²) in [6.07, 6.45) is 1.08. The van der Waals surface area contributed by atoms with Gasteiger partial charge >= 0.3 is 5.97 Å². The van der Waals surface area contributed by atoms with Gasteiger partial charge in [-0.15, -0.1) is 0 Å². The van der Waals surface area contributed by atoms with Gasteiger partial charge in [0.15, 0.2) is 0 Å². The summed E-state index contributed by atoms with van der Waals surface area (Å²) in [5.41, 5.74) is 2.30. The Morgan fingerprint density at radius 2 is 2.06 bits per heavy atom. The van der Waals surface area contributed by atoms with Gasteiger partial charge in [0.2, 0.25) is 0 Å². The molecule has 0 bridgehead atoms. The molecule has 1 N–H and O–H groups in total. The zero-order valence-electron chi connectivity index (χ0n) is 11.0. The van der Waals surface area contributed by atoms with Gasteiger partial charge in [-0.3, -0.25) is 0 Å². The zero-order valence-corrected chi connectivity index (χ0v) is 11.0. The first-order valence-corrected chi connectivity index (χ1v) is 6.08. The molecule has 1 aromatic carbocycles. The van der Waals surface area contributed by atoms with Gasteiger partial charge in [0.1, 0.15) is 0 Å². The van der Waals surface area contributed by atoms with E-state index in [9.17, 15) is 4.79 Å². The third kappa shape index (κ3) is 3.22. The Morgan fingerprint density at radius 3 is 2.47 bits per heavy atom. The summed E-state index contributed by atoms with van der Waals surface area (Å²) in [5, 5.41) is 8.99. The number of aromatic carboxylic acids is 1. The van der Waals surface area contributed by atoms with Crippen molar-refractivity contribution in [1.29, 1.82) is 0 Å². The van der Waals surface area contributed by atoms with Crippen LogP contribution in [0.25, 0.3) is 0 Å². The van der Waals surface area contributed by atoms with Crippen LogP contribution in [-0.4, -0.2) is 23.7 Å². The molecule has 0 aliphatic carbocycles. The third-order valence-corrected chi connectivity index (χ3v) is 2.86. The van der Waals surface area contributed by atoms with Gasteiger partial charge in [-0.2, -0.15) is 0 Å². The summed E-state index contributed by atoms with van der Waals surface area (Å²) >= 11 is 0. The summed E-state index contributed by atoms with van der Waals surface area (Å²) < 4.78 is 0. The number of aryl methyl sites for hydroxylation is 1. The number of rotatable bonds is 5. The molecular formula is C14H21NO2. The maximum Gasteiger partial charge on any atom is 0.335 e. The van der Waals surface area contributed by atoms with Gasteiger partial charge in [0.05, 0.1) is 5.56 Å². The molecule has 3 nitrogen and oxygen atoms in total. The molecule has 0 heterocycles. The minimum Gasteiger partial charge on any atom is -0.478 e. The largest absolute Gasteiger partial charge is 0.478 e. The summed E-state index contributed by atoms with van der Waals surface area (Å²) in [6, 6.07) is 5.97. The van der Waals surface area contributed by atoms with Crippen LogP contribution in [0.3, 0.4) is 0 Å². The van der Waals surface area contributed by atoms with Gasteiger partial charge in [-0.1, -0.05) is 6.92 Å². The van der Waals surface area contributed by atoms with E-state index in [2.05, 4.69) is 25.7 Å². The van der Waals surface area contributed by atoms with Gasteiger partial charge in [0, 0.05) is 18.3 Å². The molecule has 0 amide bonds. The number of hydrogen-bond donors (Lipinski definition) is 1. The van der Waals surface area contributed by atoms with Crippen LogP contribution in [0.2, 0.25) is 0 Å². The minimum atomic E-state index is -0.861. The highest BCUT2D eigenvalue weighted by Crippen LogP contribution is 2.21. The summed E-state index contributed by atoms with van der Waals surface area (Å²) in [7, 11) is 0. The molecule has 0 aliphatic heterocycles. The molecule has 17 heavy (non-hydrogen) atoms. The molecule has 0 saturated carbocycles. The van der Waals surface area contributed by atoms with Crippen LogP contribution < -0.4 is 4.90 Å². The van der Waals surface area contributed by atoms with E-state index in [1.54, 1.807) is 6.07 Å². The predicted molar refractivity (Wildman–Crippen MR) is 70.9 cm³/mol. The molecular weight excluding hydrogens is 214 g/mol. The molecule has 0 saturated heterocycles. The predicted octanol–water partition coefficient (Wildman–Crippen LogP) is 3.32. The van der Waals surface area contributed by atoms with E-state index in [-0.39, 0.29) is 0 Å². The fourth-order valence-electron chi connectivity index (χ4n) is 1.99. The van der Waals surface area contributed by atoms with Gasteiger partial charge < -0.3 is 10.0 Å². The minimum absolute atomic E-state index is 0.383. The van der Waals surface area contributed by atoms with E-state index in [1.165, 1.54) is 0 Å². The van der Waals surface area contributed by atoms with Crippen LogP contribution in [-0.2, 0) is 0 Å². The SMILES string of the molecule is CCCN(c1ccc(C(=O)O)c(C)c1)C(C)C. The van der Waals surface area contributed by atoms with Crippen molar-refractivity contribution >= 4 is 11.7 Å². The van der Waals surface area contributed by atoms with Crippen molar-refractivity contribution in [2.75, 3.05) is 11.4 Å². The number of anilines is 1. The number of carboxylic acid groups (broad SMARTS) is 1. The van der Waals surface area contributed by atoms with E-state index < -0.39 is 5.97 Å². The molecule has 0 unspecified atom stereocenters. The Balaban J connectivity index is 3.06. The van der Waals surface area contributed by atoms with Crippen LogP contribution in [0.5, 0.6) is 0 Å². The summed E-state index contributed by atoms with van der Waals surface area (Å²) in [4.78, 5) is 13.2.